The van der Waals surface area contributed by atoms with E-state index in [1.165, 1.54) is 30.5 Å². The van der Waals surface area contributed by atoms with Gasteiger partial charge >= 0.3 is 0 Å². The van der Waals surface area contributed by atoms with Gasteiger partial charge in [-0.3, -0.25) is 4.79 Å². The number of halogens is 2. The molecule has 2 aromatic carbocycles. The molecule has 0 radical (unpaired) electrons. The molecule has 0 atom stereocenters. The van der Waals surface area contributed by atoms with Crippen LogP contribution in [-0.4, -0.2) is 26.1 Å². The van der Waals surface area contributed by atoms with E-state index in [9.17, 15) is 17.6 Å². The smallest absolute Gasteiger partial charge is 0.211 e. The molecule has 0 saturated carbocycles. The van der Waals surface area contributed by atoms with Gasteiger partial charge < -0.3 is 9.47 Å². The van der Waals surface area contributed by atoms with Gasteiger partial charge in [0.15, 0.2) is 0 Å². The molecule has 5 nitrogen and oxygen atoms in total. The second-order valence-corrected chi connectivity index (χ2v) is 8.91. The fourth-order valence-corrected chi connectivity index (χ4v) is 4.87. The maximum absolute atomic E-state index is 14.8. The number of pyridine rings is 1. The second kappa shape index (κ2) is 8.16. The predicted octanol–water partition coefficient (Wildman–Crippen LogP) is 4.49. The Hall–Kier alpha value is -2.38. The molecule has 3 aromatic rings. The Morgan fingerprint density at radius 2 is 1.69 bits per heavy atom. The Balaban J connectivity index is 2.32. The minimum absolute atomic E-state index is 0.0373. The molecule has 3 rings (SSSR count). The van der Waals surface area contributed by atoms with Crippen LogP contribution in [0.1, 0.15) is 20.8 Å². The van der Waals surface area contributed by atoms with E-state index in [1.807, 2.05) is 25.7 Å². The Kier molecular flexibility index (Phi) is 6.00. The van der Waals surface area contributed by atoms with Crippen LogP contribution in [0.3, 0.4) is 0 Å². The lowest BCUT2D eigenvalue weighted by Crippen LogP contribution is -2.24. The van der Waals surface area contributed by atoms with Crippen molar-refractivity contribution >= 4 is 38.0 Å². The number of rotatable bonds is 6. The molecule has 0 aliphatic heterocycles. The van der Waals surface area contributed by atoms with E-state index in [4.69, 9.17) is 11.6 Å². The lowest BCUT2D eigenvalue weighted by Gasteiger charge is -2.23. The number of aryl methyl sites for hydroxylation is 1. The van der Waals surface area contributed by atoms with Gasteiger partial charge in [0.05, 0.1) is 21.5 Å². The molecule has 0 aliphatic rings. The van der Waals surface area contributed by atoms with Crippen LogP contribution in [0.4, 0.5) is 10.1 Å². The molecule has 0 spiro atoms. The minimum Gasteiger partial charge on any atom is -0.370 e. The number of hydrogen-bond donors (Lipinski definition) is 0. The SMILES string of the molecule is CCN(CC)c1cc2c(cc1F)c(=O)c(S(=O)(=O)c1ccc(Cl)cc1)cn2CC. The number of aromatic nitrogens is 1. The van der Waals surface area contributed by atoms with E-state index >= 15 is 0 Å². The van der Waals surface area contributed by atoms with E-state index < -0.39 is 21.1 Å². The molecular weight excluding hydrogens is 415 g/mol. The number of hydrogen-bond acceptors (Lipinski definition) is 4. The summed E-state index contributed by atoms with van der Waals surface area (Å²) in [6, 6.07) is 8.34. The standard InChI is InChI=1S/C21H22ClFN2O3S/c1-4-24(5-2)19-12-18-16(11-17(19)23)21(26)20(13-25(18)6-3)29(27,28)15-9-7-14(22)8-10-15/h7-13H,4-6H2,1-3H3. The van der Waals surface area contributed by atoms with Gasteiger partial charge in [0.2, 0.25) is 15.3 Å². The van der Waals surface area contributed by atoms with Gasteiger partial charge in [-0.05, 0) is 57.2 Å². The first-order chi connectivity index (χ1) is 13.7. The van der Waals surface area contributed by atoms with Crippen molar-refractivity contribution < 1.29 is 12.8 Å². The van der Waals surface area contributed by atoms with Crippen LogP contribution < -0.4 is 10.3 Å². The first-order valence-electron chi connectivity index (χ1n) is 9.36. The van der Waals surface area contributed by atoms with E-state index in [1.54, 1.807) is 10.6 Å². The van der Waals surface area contributed by atoms with Crippen LogP contribution in [0, 0.1) is 5.82 Å². The monoisotopic (exact) mass is 436 g/mol. The zero-order valence-electron chi connectivity index (χ0n) is 16.4. The molecule has 0 unspecified atom stereocenters. The van der Waals surface area contributed by atoms with Crippen molar-refractivity contribution in [1.82, 2.24) is 4.57 Å². The number of anilines is 1. The van der Waals surface area contributed by atoms with E-state index in [0.717, 1.165) is 6.07 Å². The second-order valence-electron chi connectivity index (χ2n) is 6.56. The maximum atomic E-state index is 14.8. The fourth-order valence-electron chi connectivity index (χ4n) is 3.37. The van der Waals surface area contributed by atoms with E-state index in [-0.39, 0.29) is 15.2 Å². The topological polar surface area (TPSA) is 59.4 Å². The van der Waals surface area contributed by atoms with Crippen molar-refractivity contribution in [3.63, 3.8) is 0 Å². The van der Waals surface area contributed by atoms with Crippen LogP contribution in [0.2, 0.25) is 5.02 Å². The van der Waals surface area contributed by atoms with E-state index in [0.29, 0.717) is 35.9 Å². The molecule has 0 N–H and O–H groups in total. The first kappa shape index (κ1) is 21.3. The highest BCUT2D eigenvalue weighted by Gasteiger charge is 2.25. The highest BCUT2D eigenvalue weighted by Crippen LogP contribution is 2.27. The van der Waals surface area contributed by atoms with Crippen LogP contribution in [0.15, 0.2) is 57.2 Å². The van der Waals surface area contributed by atoms with Crippen molar-refractivity contribution in [2.45, 2.75) is 37.1 Å². The van der Waals surface area contributed by atoms with Gasteiger partial charge in [0.1, 0.15) is 10.7 Å². The summed E-state index contributed by atoms with van der Waals surface area (Å²) in [5.74, 6) is -0.554. The lowest BCUT2D eigenvalue weighted by molar-refractivity contribution is 0.593. The van der Waals surface area contributed by atoms with Gasteiger partial charge in [-0.2, -0.15) is 0 Å². The van der Waals surface area contributed by atoms with Crippen LogP contribution in [-0.2, 0) is 16.4 Å². The summed E-state index contributed by atoms with van der Waals surface area (Å²) >= 11 is 5.84. The highest BCUT2D eigenvalue weighted by molar-refractivity contribution is 7.91. The van der Waals surface area contributed by atoms with Crippen molar-refractivity contribution in [1.29, 1.82) is 0 Å². The molecule has 0 bridgehead atoms. The molecule has 0 saturated heterocycles. The molecule has 0 amide bonds. The van der Waals surface area contributed by atoms with Crippen LogP contribution in [0.25, 0.3) is 10.9 Å². The minimum atomic E-state index is -4.08. The molecule has 8 heteroatoms. The molecule has 154 valence electrons. The van der Waals surface area contributed by atoms with Crippen LogP contribution in [0.5, 0.6) is 0 Å². The lowest BCUT2D eigenvalue weighted by atomic mass is 10.1. The number of benzene rings is 2. The third-order valence-electron chi connectivity index (χ3n) is 4.97. The Bertz CT molecular complexity index is 1220. The molecule has 0 fully saturated rings. The Labute approximate surface area is 174 Å². The summed E-state index contributed by atoms with van der Waals surface area (Å²) in [6.45, 7) is 7.31. The third-order valence-corrected chi connectivity index (χ3v) is 6.99. The zero-order valence-corrected chi connectivity index (χ0v) is 18.0. The average molecular weight is 437 g/mol. The number of fused-ring (bicyclic) bond motifs is 1. The normalized spacial score (nSPS) is 11.8. The summed E-state index contributed by atoms with van der Waals surface area (Å²) in [6.07, 6.45) is 1.33. The molecule has 1 aromatic heterocycles. The van der Waals surface area contributed by atoms with E-state index in [2.05, 4.69) is 0 Å². The number of sulfone groups is 1. The quantitative estimate of drug-likeness (QED) is 0.571. The summed E-state index contributed by atoms with van der Waals surface area (Å²) < 4.78 is 42.6. The summed E-state index contributed by atoms with van der Waals surface area (Å²) in [5.41, 5.74) is 0.165. The summed E-state index contributed by atoms with van der Waals surface area (Å²) in [7, 11) is -4.08. The summed E-state index contributed by atoms with van der Waals surface area (Å²) in [4.78, 5) is 14.5. The van der Waals surface area contributed by atoms with Gasteiger partial charge in [-0.15, -0.1) is 0 Å². The predicted molar refractivity (Wildman–Crippen MR) is 114 cm³/mol. The third kappa shape index (κ3) is 3.76. The molecular formula is C21H22ClFN2O3S. The zero-order chi connectivity index (χ0) is 21.3. The molecule has 29 heavy (non-hydrogen) atoms. The van der Waals surface area contributed by atoms with Crippen molar-refractivity contribution in [2.24, 2.45) is 0 Å². The van der Waals surface area contributed by atoms with Gasteiger partial charge in [-0.25, -0.2) is 12.8 Å². The van der Waals surface area contributed by atoms with Crippen molar-refractivity contribution in [3.05, 3.63) is 63.7 Å². The number of nitrogens with zero attached hydrogens (tertiary/aromatic N) is 2. The first-order valence-corrected chi connectivity index (χ1v) is 11.2. The Morgan fingerprint density at radius 1 is 1.07 bits per heavy atom. The van der Waals surface area contributed by atoms with Crippen molar-refractivity contribution in [2.75, 3.05) is 18.0 Å². The maximum Gasteiger partial charge on any atom is 0.211 e. The molecule has 0 aliphatic carbocycles. The molecule has 1 heterocycles. The largest absolute Gasteiger partial charge is 0.370 e. The Morgan fingerprint density at radius 3 is 2.24 bits per heavy atom. The fraction of sp³-hybridized carbons (Fsp3) is 0.286. The van der Waals surface area contributed by atoms with Gasteiger partial charge in [0, 0.05) is 30.9 Å². The average Bonchev–Trinajstić information content (AvgIpc) is 2.70. The highest BCUT2D eigenvalue weighted by atomic mass is 35.5. The summed E-state index contributed by atoms with van der Waals surface area (Å²) in [5, 5.41) is 0.426. The van der Waals surface area contributed by atoms with Crippen LogP contribution >= 0.6 is 11.6 Å². The van der Waals surface area contributed by atoms with Gasteiger partial charge in [0.25, 0.3) is 0 Å². The van der Waals surface area contributed by atoms with Gasteiger partial charge in [-0.1, -0.05) is 11.6 Å². The van der Waals surface area contributed by atoms with Crippen molar-refractivity contribution in [3.8, 4) is 0 Å².